The first-order chi connectivity index (χ1) is 8.85. The number of nitrogens with one attached hydrogen (secondary N) is 1. The van der Waals surface area contributed by atoms with Crippen molar-refractivity contribution in [1.82, 2.24) is 4.68 Å². The molecule has 1 heterocycles. The molecule has 1 N–H and O–H groups in total. The Morgan fingerprint density at radius 2 is 1.94 bits per heavy atom. The van der Waals surface area contributed by atoms with Gasteiger partial charge in [0, 0.05) is 6.42 Å². The van der Waals surface area contributed by atoms with E-state index in [1.54, 1.807) is 0 Å². The minimum Gasteiger partial charge on any atom is -0.232 e. The van der Waals surface area contributed by atoms with E-state index in [2.05, 4.69) is 53.0 Å². The predicted molar refractivity (Wildman–Crippen MR) is 74.4 cm³/mol. The van der Waals surface area contributed by atoms with Gasteiger partial charge in [-0.3, -0.25) is 0 Å². The van der Waals surface area contributed by atoms with Gasteiger partial charge in [-0.15, -0.1) is 4.68 Å². The predicted octanol–water partition coefficient (Wildman–Crippen LogP) is 3.01. The molecule has 0 aliphatic rings. The van der Waals surface area contributed by atoms with Crippen molar-refractivity contribution in [3.05, 3.63) is 48.5 Å². The summed E-state index contributed by atoms with van der Waals surface area (Å²) < 4.78 is 4.45. The normalized spacial score (nSPS) is 10.6. The van der Waals surface area contributed by atoms with E-state index in [1.165, 1.54) is 18.7 Å². The molecular weight excluding hydrogens is 222 g/mol. The van der Waals surface area contributed by atoms with Gasteiger partial charge in [0.2, 0.25) is 0 Å². The number of aryl methyl sites for hydroxylation is 1. The van der Waals surface area contributed by atoms with Crippen LogP contribution in [0.1, 0.15) is 32.5 Å². The quantitative estimate of drug-likeness (QED) is 0.775. The molecule has 3 nitrogen and oxygen atoms in total. The smallest absolute Gasteiger partial charge is 0.232 e. The van der Waals surface area contributed by atoms with E-state index >= 15 is 0 Å². The first-order valence-corrected chi connectivity index (χ1v) is 6.77. The van der Waals surface area contributed by atoms with Crippen LogP contribution >= 0.6 is 0 Å². The Bertz CT molecular complexity index is 474. The minimum atomic E-state index is 1.02. The van der Waals surface area contributed by atoms with Gasteiger partial charge in [0.05, 0.1) is 12.2 Å². The SMILES string of the molecule is CCCC[n+]1ccn(Nc2ccccc2)c1CC. The topological polar surface area (TPSA) is 20.8 Å². The molecule has 0 amide bonds. The molecular formula is C15H22N3+. The average molecular weight is 244 g/mol. The second kappa shape index (κ2) is 6.24. The van der Waals surface area contributed by atoms with Gasteiger partial charge < -0.3 is 0 Å². The van der Waals surface area contributed by atoms with Gasteiger partial charge in [-0.25, -0.2) is 9.99 Å². The van der Waals surface area contributed by atoms with Gasteiger partial charge >= 0.3 is 0 Å². The second-order valence-corrected chi connectivity index (χ2v) is 4.46. The van der Waals surface area contributed by atoms with E-state index in [1.807, 2.05) is 18.2 Å². The zero-order valence-electron chi connectivity index (χ0n) is 11.3. The van der Waals surface area contributed by atoms with Crippen molar-refractivity contribution in [3.63, 3.8) is 0 Å². The number of nitrogens with zero attached hydrogens (tertiary/aromatic N) is 2. The van der Waals surface area contributed by atoms with Crippen LogP contribution in [0.4, 0.5) is 5.69 Å². The lowest BCUT2D eigenvalue weighted by Crippen LogP contribution is -2.37. The molecule has 0 saturated heterocycles. The highest BCUT2D eigenvalue weighted by Gasteiger charge is 2.14. The molecule has 0 radical (unpaired) electrons. The molecule has 0 saturated carbocycles. The molecule has 0 unspecified atom stereocenters. The van der Waals surface area contributed by atoms with E-state index in [0.29, 0.717) is 0 Å². The van der Waals surface area contributed by atoms with Gasteiger partial charge in [-0.05, 0) is 18.6 Å². The summed E-state index contributed by atoms with van der Waals surface area (Å²) in [4.78, 5) is 0. The first-order valence-electron chi connectivity index (χ1n) is 6.77. The molecule has 3 heteroatoms. The fourth-order valence-electron chi connectivity index (χ4n) is 2.12. The van der Waals surface area contributed by atoms with Crippen molar-refractivity contribution >= 4 is 5.69 Å². The minimum absolute atomic E-state index is 1.02. The van der Waals surface area contributed by atoms with Crippen LogP contribution in [0.15, 0.2) is 42.7 Å². The summed E-state index contributed by atoms with van der Waals surface area (Å²) in [7, 11) is 0. The lowest BCUT2D eigenvalue weighted by atomic mass is 10.3. The third kappa shape index (κ3) is 2.92. The average Bonchev–Trinajstić information content (AvgIpc) is 2.79. The molecule has 0 aliphatic heterocycles. The highest BCUT2D eigenvalue weighted by Crippen LogP contribution is 2.07. The van der Waals surface area contributed by atoms with E-state index in [9.17, 15) is 0 Å². The van der Waals surface area contributed by atoms with Crippen molar-refractivity contribution in [2.75, 3.05) is 5.43 Å². The number of hydrogen-bond donors (Lipinski definition) is 1. The number of para-hydroxylation sites is 1. The van der Waals surface area contributed by atoms with Gasteiger partial charge in [0.15, 0.2) is 6.20 Å². The zero-order valence-corrected chi connectivity index (χ0v) is 11.3. The number of rotatable bonds is 6. The Morgan fingerprint density at radius 3 is 2.61 bits per heavy atom. The van der Waals surface area contributed by atoms with Gasteiger partial charge in [-0.2, -0.15) is 0 Å². The molecule has 0 spiro atoms. The summed E-state index contributed by atoms with van der Waals surface area (Å²) in [5, 5.41) is 0. The summed E-state index contributed by atoms with van der Waals surface area (Å²) in [6, 6.07) is 10.3. The van der Waals surface area contributed by atoms with E-state index in [-0.39, 0.29) is 0 Å². The summed E-state index contributed by atoms with van der Waals surface area (Å²) in [5.41, 5.74) is 4.53. The summed E-state index contributed by atoms with van der Waals surface area (Å²) >= 11 is 0. The number of imidazole rings is 1. The van der Waals surface area contributed by atoms with Crippen LogP contribution in [0.2, 0.25) is 0 Å². The number of unbranched alkanes of at least 4 members (excludes halogenated alkanes) is 1. The van der Waals surface area contributed by atoms with Crippen molar-refractivity contribution in [2.45, 2.75) is 39.7 Å². The standard InChI is InChI=1S/C15H22N3/c1-3-5-11-17-12-13-18(15(17)4-2)16-14-9-7-6-8-10-14/h6-10,12-13,16H,3-5,11H2,1-2H3/q+1. The molecule has 2 aromatic rings. The van der Waals surface area contributed by atoms with Crippen LogP contribution in [0.25, 0.3) is 0 Å². The summed E-state index contributed by atoms with van der Waals surface area (Å²) in [6.07, 6.45) is 7.74. The molecule has 96 valence electrons. The van der Waals surface area contributed by atoms with Crippen LogP contribution in [0.5, 0.6) is 0 Å². The fraction of sp³-hybridized carbons (Fsp3) is 0.400. The molecule has 0 atom stereocenters. The maximum atomic E-state index is 3.42. The van der Waals surface area contributed by atoms with E-state index in [4.69, 9.17) is 0 Å². The summed E-state index contributed by atoms with van der Waals surface area (Å²) in [6.45, 7) is 5.52. The third-order valence-corrected chi connectivity index (χ3v) is 3.10. The van der Waals surface area contributed by atoms with Gasteiger partial charge in [0.1, 0.15) is 6.20 Å². The van der Waals surface area contributed by atoms with Crippen LogP contribution in [0.3, 0.4) is 0 Å². The lowest BCUT2D eigenvalue weighted by molar-refractivity contribution is -0.703. The molecule has 0 fully saturated rings. The number of hydrogen-bond acceptors (Lipinski definition) is 1. The fourth-order valence-corrected chi connectivity index (χ4v) is 2.12. The van der Waals surface area contributed by atoms with Crippen LogP contribution in [-0.2, 0) is 13.0 Å². The van der Waals surface area contributed by atoms with Gasteiger partial charge in [0.25, 0.3) is 5.82 Å². The van der Waals surface area contributed by atoms with Crippen LogP contribution in [0, 0.1) is 0 Å². The Morgan fingerprint density at radius 1 is 1.17 bits per heavy atom. The van der Waals surface area contributed by atoms with E-state index < -0.39 is 0 Å². The molecule has 1 aromatic heterocycles. The Balaban J connectivity index is 2.15. The Labute approximate surface area is 109 Å². The number of aromatic nitrogens is 2. The van der Waals surface area contributed by atoms with Crippen molar-refractivity contribution in [1.29, 1.82) is 0 Å². The van der Waals surface area contributed by atoms with Crippen molar-refractivity contribution < 1.29 is 4.57 Å². The van der Waals surface area contributed by atoms with E-state index in [0.717, 1.165) is 18.7 Å². The maximum absolute atomic E-state index is 3.42. The van der Waals surface area contributed by atoms with Crippen molar-refractivity contribution in [3.8, 4) is 0 Å². The molecule has 2 rings (SSSR count). The zero-order chi connectivity index (χ0) is 12.8. The highest BCUT2D eigenvalue weighted by atomic mass is 15.4. The number of benzene rings is 1. The maximum Gasteiger partial charge on any atom is 0.279 e. The lowest BCUT2D eigenvalue weighted by Gasteiger charge is -2.05. The highest BCUT2D eigenvalue weighted by molar-refractivity contribution is 5.42. The first kappa shape index (κ1) is 12.7. The van der Waals surface area contributed by atoms with Crippen LogP contribution in [-0.4, -0.2) is 4.68 Å². The summed E-state index contributed by atoms with van der Waals surface area (Å²) in [5.74, 6) is 1.31. The molecule has 18 heavy (non-hydrogen) atoms. The Hall–Kier alpha value is -1.77. The second-order valence-electron chi connectivity index (χ2n) is 4.46. The molecule has 1 aromatic carbocycles. The molecule has 0 aliphatic carbocycles. The Kier molecular flexibility index (Phi) is 4.40. The third-order valence-electron chi connectivity index (χ3n) is 3.10. The molecule has 0 bridgehead atoms. The van der Waals surface area contributed by atoms with Gasteiger partial charge in [-0.1, -0.05) is 38.5 Å². The van der Waals surface area contributed by atoms with Crippen LogP contribution < -0.4 is 9.99 Å². The van der Waals surface area contributed by atoms with Crippen molar-refractivity contribution in [2.24, 2.45) is 0 Å². The monoisotopic (exact) mass is 244 g/mol. The number of anilines is 1. The largest absolute Gasteiger partial charge is 0.279 e.